The summed E-state index contributed by atoms with van der Waals surface area (Å²) in [6.07, 6.45) is 0. The molecule has 0 unspecified atom stereocenters. The first-order valence-electron chi connectivity index (χ1n) is 7.09. The van der Waals surface area contributed by atoms with Crippen molar-refractivity contribution in [2.24, 2.45) is 0 Å². The molecule has 116 valence electrons. The van der Waals surface area contributed by atoms with E-state index in [1.54, 1.807) is 23.1 Å². The van der Waals surface area contributed by atoms with Gasteiger partial charge in [0.25, 0.3) is 11.7 Å². The van der Waals surface area contributed by atoms with Crippen molar-refractivity contribution in [1.82, 2.24) is 9.80 Å². The Hall–Kier alpha value is -1.73. The van der Waals surface area contributed by atoms with Gasteiger partial charge in [-0.15, -0.1) is 0 Å². The minimum Gasteiger partial charge on any atom is -0.339 e. The summed E-state index contributed by atoms with van der Waals surface area (Å²) in [4.78, 5) is 41.7. The number of anilines is 1. The average molecular weight is 366 g/mol. The number of fused-ring (bicyclic) bond motifs is 1. The first kappa shape index (κ1) is 15.2. The zero-order valence-corrected chi connectivity index (χ0v) is 13.8. The van der Waals surface area contributed by atoms with Crippen LogP contribution in [0.1, 0.15) is 10.4 Å². The molecule has 2 heterocycles. The number of hydrogen-bond acceptors (Lipinski definition) is 4. The lowest BCUT2D eigenvalue weighted by molar-refractivity contribution is -0.132. The van der Waals surface area contributed by atoms with Gasteiger partial charge in [-0.3, -0.25) is 19.3 Å². The minimum absolute atomic E-state index is 0.0804. The fourth-order valence-corrected chi connectivity index (χ4v) is 3.08. The Morgan fingerprint density at radius 1 is 1.18 bits per heavy atom. The van der Waals surface area contributed by atoms with E-state index in [1.165, 1.54) is 4.90 Å². The van der Waals surface area contributed by atoms with Crippen LogP contribution in [-0.2, 0) is 9.59 Å². The van der Waals surface area contributed by atoms with Crippen molar-refractivity contribution in [1.29, 1.82) is 0 Å². The molecule has 0 spiro atoms. The van der Waals surface area contributed by atoms with Crippen LogP contribution in [0.4, 0.5) is 5.69 Å². The molecule has 1 saturated heterocycles. The monoisotopic (exact) mass is 365 g/mol. The molecular weight excluding hydrogens is 350 g/mol. The number of hydrogen-bond donors (Lipinski definition) is 0. The summed E-state index contributed by atoms with van der Waals surface area (Å²) >= 11 is 3.29. The number of Topliss-reactive ketones (excluding diaryl/α,β-unsaturated/α-hetero) is 1. The first-order valence-corrected chi connectivity index (χ1v) is 7.89. The topological polar surface area (TPSA) is 60.9 Å². The SMILES string of the molecule is CN1CCN(C(=O)CN2C(=O)C(=O)c3cc(Br)ccc32)CC1. The lowest BCUT2D eigenvalue weighted by Gasteiger charge is -2.33. The second-order valence-electron chi connectivity index (χ2n) is 5.57. The Balaban J connectivity index is 1.77. The first-order chi connectivity index (χ1) is 10.5. The van der Waals surface area contributed by atoms with Gasteiger partial charge in [-0.05, 0) is 25.2 Å². The van der Waals surface area contributed by atoms with Crippen molar-refractivity contribution < 1.29 is 14.4 Å². The third-order valence-electron chi connectivity index (χ3n) is 4.08. The van der Waals surface area contributed by atoms with Crippen molar-refractivity contribution in [2.45, 2.75) is 0 Å². The summed E-state index contributed by atoms with van der Waals surface area (Å²) < 4.78 is 0.736. The predicted octanol–water partition coefficient (Wildman–Crippen LogP) is 0.752. The Kier molecular flexibility index (Phi) is 4.01. The number of likely N-dealkylation sites (N-methyl/N-ethyl adjacent to an activating group) is 1. The molecule has 2 aliphatic rings. The van der Waals surface area contributed by atoms with E-state index >= 15 is 0 Å². The van der Waals surface area contributed by atoms with Crippen LogP contribution < -0.4 is 4.90 Å². The quantitative estimate of drug-likeness (QED) is 0.725. The predicted molar refractivity (Wildman–Crippen MR) is 84.9 cm³/mol. The molecule has 0 aliphatic carbocycles. The van der Waals surface area contributed by atoms with Crippen molar-refractivity contribution >= 4 is 39.2 Å². The highest BCUT2D eigenvalue weighted by Gasteiger charge is 2.37. The van der Waals surface area contributed by atoms with E-state index in [0.717, 1.165) is 17.6 Å². The van der Waals surface area contributed by atoms with Crippen LogP contribution in [-0.4, -0.2) is 67.2 Å². The second-order valence-corrected chi connectivity index (χ2v) is 6.48. The van der Waals surface area contributed by atoms with Crippen LogP contribution in [0.15, 0.2) is 22.7 Å². The number of nitrogens with zero attached hydrogens (tertiary/aromatic N) is 3. The van der Waals surface area contributed by atoms with Crippen LogP contribution in [0.3, 0.4) is 0 Å². The number of carbonyl (C=O) groups is 3. The fourth-order valence-electron chi connectivity index (χ4n) is 2.72. The summed E-state index contributed by atoms with van der Waals surface area (Å²) in [5.41, 5.74) is 0.867. The van der Waals surface area contributed by atoms with E-state index in [1.807, 2.05) is 7.05 Å². The van der Waals surface area contributed by atoms with Gasteiger partial charge >= 0.3 is 0 Å². The van der Waals surface area contributed by atoms with Crippen LogP contribution in [0.2, 0.25) is 0 Å². The van der Waals surface area contributed by atoms with Crippen molar-refractivity contribution in [3.05, 3.63) is 28.2 Å². The van der Waals surface area contributed by atoms with E-state index < -0.39 is 11.7 Å². The summed E-state index contributed by atoms with van der Waals surface area (Å²) in [6.45, 7) is 2.87. The summed E-state index contributed by atoms with van der Waals surface area (Å²) in [5.74, 6) is -1.30. The average Bonchev–Trinajstić information content (AvgIpc) is 2.73. The molecular formula is C15H16BrN3O3. The van der Waals surface area contributed by atoms with E-state index in [2.05, 4.69) is 20.8 Å². The largest absolute Gasteiger partial charge is 0.339 e. The molecule has 3 rings (SSSR count). The third kappa shape index (κ3) is 2.66. The van der Waals surface area contributed by atoms with Crippen LogP contribution in [0.5, 0.6) is 0 Å². The lowest BCUT2D eigenvalue weighted by atomic mass is 10.1. The van der Waals surface area contributed by atoms with E-state index in [-0.39, 0.29) is 12.5 Å². The van der Waals surface area contributed by atoms with Gasteiger partial charge in [0.2, 0.25) is 5.91 Å². The van der Waals surface area contributed by atoms with Crippen LogP contribution >= 0.6 is 15.9 Å². The Bertz CT molecular complexity index is 653. The zero-order valence-electron chi connectivity index (χ0n) is 12.2. The third-order valence-corrected chi connectivity index (χ3v) is 4.58. The molecule has 22 heavy (non-hydrogen) atoms. The van der Waals surface area contributed by atoms with Crippen LogP contribution in [0.25, 0.3) is 0 Å². The van der Waals surface area contributed by atoms with Gasteiger partial charge < -0.3 is 9.80 Å². The molecule has 0 atom stereocenters. The molecule has 1 aromatic carbocycles. The Morgan fingerprint density at radius 2 is 1.86 bits per heavy atom. The lowest BCUT2D eigenvalue weighted by Crippen LogP contribution is -2.50. The van der Waals surface area contributed by atoms with Gasteiger partial charge in [0.15, 0.2) is 0 Å². The molecule has 6 nitrogen and oxygen atoms in total. The van der Waals surface area contributed by atoms with Crippen LogP contribution in [0, 0.1) is 0 Å². The molecule has 0 radical (unpaired) electrons. The number of halogens is 1. The van der Waals surface area contributed by atoms with Gasteiger partial charge in [-0.2, -0.15) is 0 Å². The molecule has 1 aromatic rings. The van der Waals surface area contributed by atoms with Gasteiger partial charge in [-0.1, -0.05) is 15.9 Å². The zero-order chi connectivity index (χ0) is 15.9. The number of benzene rings is 1. The summed E-state index contributed by atoms with van der Waals surface area (Å²) in [7, 11) is 2.01. The number of amides is 2. The molecule has 2 amide bonds. The second kappa shape index (κ2) is 5.81. The molecule has 0 N–H and O–H groups in total. The Morgan fingerprint density at radius 3 is 2.55 bits per heavy atom. The number of carbonyl (C=O) groups excluding carboxylic acids is 3. The minimum atomic E-state index is -0.629. The maximum atomic E-state index is 12.4. The normalized spacial score (nSPS) is 18.8. The molecule has 0 aromatic heterocycles. The number of piperazine rings is 1. The van der Waals surface area contributed by atoms with E-state index in [0.29, 0.717) is 24.3 Å². The maximum absolute atomic E-state index is 12.4. The van der Waals surface area contributed by atoms with E-state index in [9.17, 15) is 14.4 Å². The fraction of sp³-hybridized carbons (Fsp3) is 0.400. The van der Waals surface area contributed by atoms with Gasteiger partial charge in [0.05, 0.1) is 11.3 Å². The highest BCUT2D eigenvalue weighted by Crippen LogP contribution is 2.31. The van der Waals surface area contributed by atoms with Crippen molar-refractivity contribution in [3.8, 4) is 0 Å². The highest BCUT2D eigenvalue weighted by molar-refractivity contribution is 9.10. The standard InChI is InChI=1S/C15H16BrN3O3/c1-17-4-6-18(7-5-17)13(20)9-19-12-3-2-10(16)8-11(12)14(21)15(19)22/h2-3,8H,4-7,9H2,1H3. The molecule has 2 aliphatic heterocycles. The smallest absolute Gasteiger partial charge is 0.299 e. The molecule has 0 saturated carbocycles. The van der Waals surface area contributed by atoms with Gasteiger partial charge in [0.1, 0.15) is 6.54 Å². The highest BCUT2D eigenvalue weighted by atomic mass is 79.9. The van der Waals surface area contributed by atoms with Gasteiger partial charge in [0, 0.05) is 30.7 Å². The maximum Gasteiger partial charge on any atom is 0.299 e. The summed E-state index contributed by atoms with van der Waals surface area (Å²) in [5, 5.41) is 0. The summed E-state index contributed by atoms with van der Waals surface area (Å²) in [6, 6.07) is 5.08. The van der Waals surface area contributed by atoms with Gasteiger partial charge in [-0.25, -0.2) is 0 Å². The molecule has 0 bridgehead atoms. The van der Waals surface area contributed by atoms with E-state index in [4.69, 9.17) is 0 Å². The van der Waals surface area contributed by atoms with Crippen molar-refractivity contribution in [2.75, 3.05) is 44.7 Å². The number of rotatable bonds is 2. The van der Waals surface area contributed by atoms with Crippen molar-refractivity contribution in [3.63, 3.8) is 0 Å². The Labute approximate surface area is 136 Å². The number of ketones is 1. The molecule has 7 heteroatoms. The molecule has 1 fully saturated rings.